The number of anilines is 1. The van der Waals surface area contributed by atoms with Gasteiger partial charge in [0.1, 0.15) is 0 Å². The number of aromatic amines is 1. The summed E-state index contributed by atoms with van der Waals surface area (Å²) in [7, 11) is 0. The second-order valence-electron chi connectivity index (χ2n) is 6.77. The summed E-state index contributed by atoms with van der Waals surface area (Å²) in [5.41, 5.74) is 5.39. The summed E-state index contributed by atoms with van der Waals surface area (Å²) in [4.78, 5) is 29.9. The summed E-state index contributed by atoms with van der Waals surface area (Å²) < 4.78 is 0. The SMILES string of the molecule is CCC(=O)N(Cc1cc2ccc(C)cc2[nH]c1=O)c1cccc(C)c1C. The van der Waals surface area contributed by atoms with Crippen molar-refractivity contribution >= 4 is 22.5 Å². The van der Waals surface area contributed by atoms with Crippen molar-refractivity contribution in [3.63, 3.8) is 0 Å². The van der Waals surface area contributed by atoms with Crippen molar-refractivity contribution in [3.8, 4) is 0 Å². The van der Waals surface area contributed by atoms with Gasteiger partial charge in [-0.2, -0.15) is 0 Å². The maximum atomic E-state index is 12.6. The van der Waals surface area contributed by atoms with Crippen LogP contribution in [0.3, 0.4) is 0 Å². The third-order valence-electron chi connectivity index (χ3n) is 4.88. The van der Waals surface area contributed by atoms with Crippen molar-refractivity contribution in [1.82, 2.24) is 4.98 Å². The molecular formula is C22H24N2O2. The molecule has 0 radical (unpaired) electrons. The number of hydrogen-bond donors (Lipinski definition) is 1. The van der Waals surface area contributed by atoms with Crippen molar-refractivity contribution in [2.45, 2.75) is 40.7 Å². The first-order valence-corrected chi connectivity index (χ1v) is 8.90. The molecule has 1 amide bonds. The van der Waals surface area contributed by atoms with E-state index in [9.17, 15) is 9.59 Å². The third-order valence-corrected chi connectivity index (χ3v) is 4.88. The summed E-state index contributed by atoms with van der Waals surface area (Å²) in [6, 6.07) is 13.8. The summed E-state index contributed by atoms with van der Waals surface area (Å²) >= 11 is 0. The van der Waals surface area contributed by atoms with E-state index >= 15 is 0 Å². The molecule has 4 nitrogen and oxygen atoms in total. The summed E-state index contributed by atoms with van der Waals surface area (Å²) in [5.74, 6) is 0.00195. The zero-order valence-electron chi connectivity index (χ0n) is 15.7. The maximum absolute atomic E-state index is 12.6. The molecule has 2 aromatic carbocycles. The molecule has 1 aromatic heterocycles. The summed E-state index contributed by atoms with van der Waals surface area (Å²) in [6.07, 6.45) is 0.387. The molecule has 0 saturated heterocycles. The van der Waals surface area contributed by atoms with Crippen LogP contribution < -0.4 is 10.5 Å². The second-order valence-corrected chi connectivity index (χ2v) is 6.77. The first-order valence-electron chi connectivity index (χ1n) is 8.90. The van der Waals surface area contributed by atoms with Crippen LogP contribution in [0.4, 0.5) is 5.69 Å². The number of fused-ring (bicyclic) bond motifs is 1. The Labute approximate surface area is 153 Å². The molecular weight excluding hydrogens is 324 g/mol. The van der Waals surface area contributed by atoms with Crippen LogP contribution in [0.15, 0.2) is 47.3 Å². The first kappa shape index (κ1) is 17.9. The van der Waals surface area contributed by atoms with Crippen molar-refractivity contribution in [2.24, 2.45) is 0 Å². The summed E-state index contributed by atoms with van der Waals surface area (Å²) in [5, 5.41) is 0.968. The number of carbonyl (C=O) groups is 1. The standard InChI is InChI=1S/C22H24N2O2/c1-5-21(25)24(20-8-6-7-15(3)16(20)4)13-18-12-17-10-9-14(2)11-19(17)23-22(18)26/h6-12H,5,13H2,1-4H3,(H,23,26). The molecule has 0 fully saturated rings. The molecule has 3 rings (SSSR count). The average Bonchev–Trinajstić information content (AvgIpc) is 2.62. The zero-order valence-corrected chi connectivity index (χ0v) is 15.7. The van der Waals surface area contributed by atoms with E-state index in [0.29, 0.717) is 12.0 Å². The monoisotopic (exact) mass is 348 g/mol. The molecule has 0 spiro atoms. The predicted octanol–water partition coefficient (Wildman–Crippen LogP) is 4.40. The first-order chi connectivity index (χ1) is 12.4. The molecule has 3 aromatic rings. The van der Waals surface area contributed by atoms with E-state index in [-0.39, 0.29) is 18.0 Å². The van der Waals surface area contributed by atoms with Gasteiger partial charge in [-0.1, -0.05) is 31.2 Å². The van der Waals surface area contributed by atoms with E-state index in [1.54, 1.807) is 4.90 Å². The number of aromatic nitrogens is 1. The van der Waals surface area contributed by atoms with E-state index in [1.165, 1.54) is 0 Å². The van der Waals surface area contributed by atoms with Crippen LogP contribution in [0.1, 0.15) is 35.6 Å². The van der Waals surface area contributed by atoms with Gasteiger partial charge in [0, 0.05) is 23.2 Å². The number of nitrogens with zero attached hydrogens (tertiary/aromatic N) is 1. The van der Waals surface area contributed by atoms with E-state index in [1.807, 2.05) is 70.2 Å². The Balaban J connectivity index is 2.07. The molecule has 0 aliphatic carbocycles. The normalized spacial score (nSPS) is 10.9. The van der Waals surface area contributed by atoms with Gasteiger partial charge in [0.2, 0.25) is 5.91 Å². The van der Waals surface area contributed by atoms with Gasteiger partial charge in [-0.3, -0.25) is 9.59 Å². The number of pyridine rings is 1. The zero-order chi connectivity index (χ0) is 18.8. The lowest BCUT2D eigenvalue weighted by molar-refractivity contribution is -0.118. The average molecular weight is 348 g/mol. The molecule has 0 aliphatic heterocycles. The molecule has 0 aliphatic rings. The number of H-pyrrole nitrogens is 1. The Morgan fingerprint density at radius 3 is 2.58 bits per heavy atom. The number of rotatable bonds is 4. The number of nitrogens with one attached hydrogen (secondary N) is 1. The molecule has 134 valence electrons. The van der Waals surface area contributed by atoms with Crippen molar-refractivity contribution in [1.29, 1.82) is 0 Å². The van der Waals surface area contributed by atoms with Gasteiger partial charge in [0.05, 0.1) is 6.54 Å². The summed E-state index contributed by atoms with van der Waals surface area (Å²) in [6.45, 7) is 8.13. The molecule has 26 heavy (non-hydrogen) atoms. The molecule has 0 atom stereocenters. The van der Waals surface area contributed by atoms with Crippen LogP contribution in [0.2, 0.25) is 0 Å². The Morgan fingerprint density at radius 1 is 1.08 bits per heavy atom. The smallest absolute Gasteiger partial charge is 0.253 e. The molecule has 1 heterocycles. The van der Waals surface area contributed by atoms with Crippen molar-refractivity contribution in [3.05, 3.63) is 75.1 Å². The highest BCUT2D eigenvalue weighted by Crippen LogP contribution is 2.25. The highest BCUT2D eigenvalue weighted by Gasteiger charge is 2.19. The van der Waals surface area contributed by atoms with Crippen LogP contribution in [0, 0.1) is 20.8 Å². The fourth-order valence-electron chi connectivity index (χ4n) is 3.17. The van der Waals surface area contributed by atoms with Gasteiger partial charge in [0.25, 0.3) is 5.56 Å². The van der Waals surface area contributed by atoms with Crippen LogP contribution in [0.25, 0.3) is 10.9 Å². The van der Waals surface area contributed by atoms with Crippen LogP contribution in [-0.4, -0.2) is 10.9 Å². The fourth-order valence-corrected chi connectivity index (χ4v) is 3.17. The molecule has 0 bridgehead atoms. The van der Waals surface area contributed by atoms with Gasteiger partial charge in [-0.05, 0) is 61.0 Å². The van der Waals surface area contributed by atoms with Gasteiger partial charge in [-0.15, -0.1) is 0 Å². The van der Waals surface area contributed by atoms with Gasteiger partial charge >= 0.3 is 0 Å². The minimum absolute atomic E-state index is 0.00195. The molecule has 1 N–H and O–H groups in total. The van der Waals surface area contributed by atoms with Gasteiger partial charge in [-0.25, -0.2) is 0 Å². The lowest BCUT2D eigenvalue weighted by atomic mass is 10.1. The minimum atomic E-state index is -0.151. The molecule has 0 unspecified atom stereocenters. The van der Waals surface area contributed by atoms with E-state index in [0.717, 1.165) is 33.3 Å². The molecule has 4 heteroatoms. The lowest BCUT2D eigenvalue weighted by Crippen LogP contribution is -2.32. The van der Waals surface area contributed by atoms with Crippen LogP contribution in [-0.2, 0) is 11.3 Å². The van der Waals surface area contributed by atoms with E-state index < -0.39 is 0 Å². The lowest BCUT2D eigenvalue weighted by Gasteiger charge is -2.25. The minimum Gasteiger partial charge on any atom is -0.322 e. The Hall–Kier alpha value is -2.88. The number of hydrogen-bond acceptors (Lipinski definition) is 2. The second kappa shape index (κ2) is 7.16. The van der Waals surface area contributed by atoms with Crippen LogP contribution in [0.5, 0.6) is 0 Å². The van der Waals surface area contributed by atoms with Crippen LogP contribution >= 0.6 is 0 Å². The van der Waals surface area contributed by atoms with Crippen molar-refractivity contribution < 1.29 is 4.79 Å². The predicted molar refractivity (Wildman–Crippen MR) is 107 cm³/mol. The maximum Gasteiger partial charge on any atom is 0.253 e. The Kier molecular flexibility index (Phi) is 4.94. The Bertz CT molecular complexity index is 1030. The quantitative estimate of drug-likeness (QED) is 0.760. The van der Waals surface area contributed by atoms with E-state index in [2.05, 4.69) is 4.98 Å². The Morgan fingerprint density at radius 2 is 1.85 bits per heavy atom. The number of benzene rings is 2. The molecule has 0 saturated carbocycles. The number of amides is 1. The fraction of sp³-hybridized carbons (Fsp3) is 0.273. The number of carbonyl (C=O) groups excluding carboxylic acids is 1. The number of aryl methyl sites for hydroxylation is 2. The largest absolute Gasteiger partial charge is 0.322 e. The highest BCUT2D eigenvalue weighted by atomic mass is 16.2. The van der Waals surface area contributed by atoms with Crippen molar-refractivity contribution in [2.75, 3.05) is 4.90 Å². The van der Waals surface area contributed by atoms with Gasteiger partial charge < -0.3 is 9.88 Å². The third kappa shape index (κ3) is 3.40. The highest BCUT2D eigenvalue weighted by molar-refractivity contribution is 5.94. The topological polar surface area (TPSA) is 53.2 Å². The van der Waals surface area contributed by atoms with E-state index in [4.69, 9.17) is 0 Å². The van der Waals surface area contributed by atoms with Gasteiger partial charge in [0.15, 0.2) is 0 Å².